The lowest BCUT2D eigenvalue weighted by Gasteiger charge is -2.13. The predicted octanol–water partition coefficient (Wildman–Crippen LogP) is 4.39. The third-order valence-corrected chi connectivity index (χ3v) is 3.55. The van der Waals surface area contributed by atoms with Gasteiger partial charge in [0.05, 0.1) is 6.26 Å². The zero-order valence-corrected chi connectivity index (χ0v) is 11.6. The Morgan fingerprint density at radius 1 is 1.28 bits per heavy atom. The molecule has 1 atom stereocenters. The summed E-state index contributed by atoms with van der Waals surface area (Å²) in [7, 11) is 0. The Kier molecular flexibility index (Phi) is 4.33. The normalized spacial score (nSPS) is 12.7. The number of benzene rings is 1. The molecule has 0 aliphatic carbocycles. The van der Waals surface area contributed by atoms with E-state index in [0.29, 0.717) is 16.5 Å². The summed E-state index contributed by atoms with van der Waals surface area (Å²) in [5.41, 5.74) is 8.20. The van der Waals surface area contributed by atoms with Crippen molar-refractivity contribution in [2.24, 2.45) is 5.73 Å². The Bertz CT molecular complexity index is 536. The number of rotatable bonds is 4. The van der Waals surface area contributed by atoms with Crippen molar-refractivity contribution in [2.45, 2.75) is 25.8 Å². The van der Waals surface area contributed by atoms with Crippen LogP contribution in [0, 0.1) is 0 Å². The lowest BCUT2D eigenvalue weighted by atomic mass is 9.99. The highest BCUT2D eigenvalue weighted by atomic mass is 35.5. The molecule has 0 fully saturated rings. The molecule has 1 aromatic carbocycles. The summed E-state index contributed by atoms with van der Waals surface area (Å²) in [5, 5.41) is 1.36. The van der Waals surface area contributed by atoms with Gasteiger partial charge < -0.3 is 10.2 Å². The van der Waals surface area contributed by atoms with Crippen LogP contribution in [0.25, 0.3) is 0 Å². The van der Waals surface area contributed by atoms with Crippen LogP contribution in [0.2, 0.25) is 10.0 Å². The van der Waals surface area contributed by atoms with Gasteiger partial charge in [-0.3, -0.25) is 0 Å². The van der Waals surface area contributed by atoms with Crippen molar-refractivity contribution >= 4 is 23.2 Å². The molecule has 0 aliphatic rings. The van der Waals surface area contributed by atoms with E-state index in [-0.39, 0.29) is 6.04 Å². The molecule has 1 aromatic heterocycles. The fourth-order valence-corrected chi connectivity index (χ4v) is 2.40. The Hall–Kier alpha value is -0.960. The van der Waals surface area contributed by atoms with Crippen LogP contribution in [0.1, 0.15) is 29.9 Å². The Balaban J connectivity index is 2.21. The monoisotopic (exact) mass is 283 g/mol. The van der Waals surface area contributed by atoms with E-state index in [4.69, 9.17) is 33.4 Å². The van der Waals surface area contributed by atoms with Gasteiger partial charge in [0.1, 0.15) is 5.76 Å². The summed E-state index contributed by atoms with van der Waals surface area (Å²) in [6, 6.07) is 7.21. The highest BCUT2D eigenvalue weighted by molar-refractivity contribution is 6.33. The molecule has 0 saturated heterocycles. The van der Waals surface area contributed by atoms with Gasteiger partial charge in [-0.2, -0.15) is 0 Å². The van der Waals surface area contributed by atoms with Crippen molar-refractivity contribution in [2.75, 3.05) is 0 Å². The van der Waals surface area contributed by atoms with Crippen molar-refractivity contribution in [1.82, 2.24) is 0 Å². The van der Waals surface area contributed by atoms with Gasteiger partial charge in [-0.15, -0.1) is 0 Å². The fraction of sp³-hybridized carbons (Fsp3) is 0.286. The van der Waals surface area contributed by atoms with Gasteiger partial charge >= 0.3 is 0 Å². The third-order valence-electron chi connectivity index (χ3n) is 2.95. The second kappa shape index (κ2) is 5.79. The summed E-state index contributed by atoms with van der Waals surface area (Å²) < 4.78 is 5.39. The number of hydrogen-bond acceptors (Lipinski definition) is 2. The third kappa shape index (κ3) is 2.89. The first-order valence-electron chi connectivity index (χ1n) is 5.87. The Morgan fingerprint density at radius 2 is 2.06 bits per heavy atom. The maximum atomic E-state index is 6.21. The van der Waals surface area contributed by atoms with Crippen LogP contribution in [-0.2, 0) is 12.8 Å². The average molecular weight is 284 g/mol. The molecule has 18 heavy (non-hydrogen) atoms. The predicted molar refractivity (Wildman–Crippen MR) is 75.2 cm³/mol. The number of nitrogens with two attached hydrogens (primary N) is 1. The minimum absolute atomic E-state index is 0.130. The largest absolute Gasteiger partial charge is 0.469 e. The van der Waals surface area contributed by atoms with Crippen LogP contribution in [0.4, 0.5) is 0 Å². The van der Waals surface area contributed by atoms with Crippen molar-refractivity contribution in [3.05, 3.63) is 57.5 Å². The van der Waals surface area contributed by atoms with E-state index >= 15 is 0 Å². The SMILES string of the molecule is CCc1occc1C(N)Cc1cc(Cl)ccc1Cl. The molecule has 4 heteroatoms. The molecule has 2 N–H and O–H groups in total. The molecule has 2 nitrogen and oxygen atoms in total. The topological polar surface area (TPSA) is 39.2 Å². The molecule has 1 heterocycles. The summed E-state index contributed by atoms with van der Waals surface area (Å²) in [5.74, 6) is 0.931. The standard InChI is InChI=1S/C14H15Cl2NO/c1-2-14-11(5-6-18-14)13(17)8-9-7-10(15)3-4-12(9)16/h3-7,13H,2,8,17H2,1H3. The molecular formula is C14H15Cl2NO. The lowest BCUT2D eigenvalue weighted by Crippen LogP contribution is -2.14. The minimum atomic E-state index is -0.130. The molecule has 96 valence electrons. The number of aryl methyl sites for hydroxylation is 1. The summed E-state index contributed by atoms with van der Waals surface area (Å²) in [6.45, 7) is 2.04. The summed E-state index contributed by atoms with van der Waals surface area (Å²) in [4.78, 5) is 0. The van der Waals surface area contributed by atoms with Crippen molar-refractivity contribution in [3.8, 4) is 0 Å². The van der Waals surface area contributed by atoms with Crippen LogP contribution in [0.15, 0.2) is 34.9 Å². The second-order valence-electron chi connectivity index (χ2n) is 4.20. The number of hydrogen-bond donors (Lipinski definition) is 1. The highest BCUT2D eigenvalue weighted by Crippen LogP contribution is 2.27. The molecule has 0 aliphatic heterocycles. The molecule has 2 aromatic rings. The van der Waals surface area contributed by atoms with Crippen molar-refractivity contribution in [3.63, 3.8) is 0 Å². The van der Waals surface area contributed by atoms with Crippen LogP contribution >= 0.6 is 23.2 Å². The number of halogens is 2. The molecule has 0 bridgehead atoms. The molecule has 0 saturated carbocycles. The second-order valence-corrected chi connectivity index (χ2v) is 5.04. The van der Waals surface area contributed by atoms with Crippen LogP contribution < -0.4 is 5.73 Å². The van der Waals surface area contributed by atoms with E-state index < -0.39 is 0 Å². The average Bonchev–Trinajstić information content (AvgIpc) is 2.82. The molecule has 2 rings (SSSR count). The molecule has 0 radical (unpaired) electrons. The van der Waals surface area contributed by atoms with Gasteiger partial charge in [-0.05, 0) is 36.2 Å². The first-order chi connectivity index (χ1) is 8.61. The van der Waals surface area contributed by atoms with Crippen LogP contribution in [0.3, 0.4) is 0 Å². The van der Waals surface area contributed by atoms with E-state index in [1.165, 1.54) is 0 Å². The maximum absolute atomic E-state index is 6.21. The van der Waals surface area contributed by atoms with E-state index in [1.54, 1.807) is 18.4 Å². The van der Waals surface area contributed by atoms with Crippen LogP contribution in [-0.4, -0.2) is 0 Å². The Labute approximate surface area is 117 Å². The quantitative estimate of drug-likeness (QED) is 0.904. The van der Waals surface area contributed by atoms with E-state index in [9.17, 15) is 0 Å². The lowest BCUT2D eigenvalue weighted by molar-refractivity contribution is 0.505. The minimum Gasteiger partial charge on any atom is -0.469 e. The van der Waals surface area contributed by atoms with E-state index in [1.807, 2.05) is 19.1 Å². The van der Waals surface area contributed by atoms with Gasteiger partial charge in [0.2, 0.25) is 0 Å². The number of furan rings is 1. The first kappa shape index (κ1) is 13.5. The molecule has 0 spiro atoms. The smallest absolute Gasteiger partial charge is 0.108 e. The summed E-state index contributed by atoms with van der Waals surface area (Å²) in [6.07, 6.45) is 3.15. The van der Waals surface area contributed by atoms with Gasteiger partial charge in [-0.25, -0.2) is 0 Å². The van der Waals surface area contributed by atoms with Gasteiger partial charge in [-0.1, -0.05) is 30.1 Å². The van der Waals surface area contributed by atoms with Crippen LogP contribution in [0.5, 0.6) is 0 Å². The Morgan fingerprint density at radius 3 is 2.78 bits per heavy atom. The van der Waals surface area contributed by atoms with Crippen molar-refractivity contribution in [1.29, 1.82) is 0 Å². The zero-order valence-electron chi connectivity index (χ0n) is 10.1. The van der Waals surface area contributed by atoms with Gasteiger partial charge in [0.25, 0.3) is 0 Å². The van der Waals surface area contributed by atoms with Gasteiger partial charge in [0.15, 0.2) is 0 Å². The molecular weight excluding hydrogens is 269 g/mol. The first-order valence-corrected chi connectivity index (χ1v) is 6.63. The van der Waals surface area contributed by atoms with E-state index in [0.717, 1.165) is 23.3 Å². The molecule has 1 unspecified atom stereocenters. The summed E-state index contributed by atoms with van der Waals surface area (Å²) >= 11 is 12.1. The highest BCUT2D eigenvalue weighted by Gasteiger charge is 2.15. The maximum Gasteiger partial charge on any atom is 0.108 e. The zero-order chi connectivity index (χ0) is 13.1. The molecule has 0 amide bonds. The fourth-order valence-electron chi connectivity index (χ4n) is 2.01. The van der Waals surface area contributed by atoms with Gasteiger partial charge in [0, 0.05) is 28.1 Å². The van der Waals surface area contributed by atoms with Crippen molar-refractivity contribution < 1.29 is 4.42 Å². The van der Waals surface area contributed by atoms with E-state index in [2.05, 4.69) is 0 Å².